The first-order chi connectivity index (χ1) is 13.2. The molecule has 0 spiro atoms. The van der Waals surface area contributed by atoms with Gasteiger partial charge < -0.3 is 10.2 Å². The highest BCUT2D eigenvalue weighted by Crippen LogP contribution is 2.28. The summed E-state index contributed by atoms with van der Waals surface area (Å²) in [7, 11) is 0. The van der Waals surface area contributed by atoms with Crippen LogP contribution >= 0.6 is 24.0 Å². The van der Waals surface area contributed by atoms with Crippen LogP contribution in [0, 0.1) is 5.92 Å². The highest BCUT2D eigenvalue weighted by atomic mass is 35.5. The number of carbonyl (C=O) groups excluding carboxylic acids is 1. The quantitative estimate of drug-likeness (QED) is 0.761. The number of hydrogen-bond donors (Lipinski definition) is 1. The Balaban J connectivity index is 0.00000225. The average molecular weight is 423 g/mol. The lowest BCUT2D eigenvalue weighted by Gasteiger charge is -2.32. The maximum atomic E-state index is 13.1. The molecule has 1 aliphatic heterocycles. The molecule has 0 bridgehead atoms. The molecule has 4 rings (SSSR count). The summed E-state index contributed by atoms with van der Waals surface area (Å²) in [6.07, 6.45) is 7.26. The molecule has 152 valence electrons. The van der Waals surface area contributed by atoms with E-state index in [1.807, 2.05) is 33.8 Å². The molecule has 1 N–H and O–H groups in total. The number of rotatable bonds is 6. The van der Waals surface area contributed by atoms with Gasteiger partial charge in [-0.1, -0.05) is 24.6 Å². The van der Waals surface area contributed by atoms with E-state index in [-0.39, 0.29) is 18.3 Å². The third kappa shape index (κ3) is 4.70. The van der Waals surface area contributed by atoms with Crippen molar-refractivity contribution in [1.29, 1.82) is 0 Å². The number of halogens is 2. The highest BCUT2D eigenvalue weighted by Gasteiger charge is 2.28. The van der Waals surface area contributed by atoms with Crippen molar-refractivity contribution in [3.8, 4) is 5.69 Å². The van der Waals surface area contributed by atoms with Gasteiger partial charge in [-0.15, -0.1) is 12.4 Å². The molecule has 1 aromatic heterocycles. The molecule has 0 unspecified atom stereocenters. The molecule has 2 aromatic rings. The van der Waals surface area contributed by atoms with Crippen LogP contribution in [0.3, 0.4) is 0 Å². The molecule has 0 atom stereocenters. The number of nitrogens with one attached hydrogen (secondary N) is 1. The zero-order valence-electron chi connectivity index (χ0n) is 16.2. The second-order valence-corrected chi connectivity index (χ2v) is 8.10. The third-order valence-electron chi connectivity index (χ3n) is 5.66. The van der Waals surface area contributed by atoms with Crippen LogP contribution in [0.4, 0.5) is 0 Å². The van der Waals surface area contributed by atoms with E-state index in [0.29, 0.717) is 16.6 Å². The SMILES string of the molecule is CCc1c(C(=O)N2CCC(NCC3CC3)CC2)cnn1-c1cccc(Cl)c1.Cl. The van der Waals surface area contributed by atoms with E-state index in [0.717, 1.165) is 56.2 Å². The van der Waals surface area contributed by atoms with E-state index >= 15 is 0 Å². The van der Waals surface area contributed by atoms with Crippen LogP contribution in [0.5, 0.6) is 0 Å². The average Bonchev–Trinajstić information content (AvgIpc) is 3.42. The first-order valence-electron chi connectivity index (χ1n) is 10.0. The molecular weight excluding hydrogens is 395 g/mol. The molecule has 1 saturated carbocycles. The van der Waals surface area contributed by atoms with E-state index in [2.05, 4.69) is 17.3 Å². The second kappa shape index (κ2) is 9.29. The van der Waals surface area contributed by atoms with Crippen molar-refractivity contribution in [1.82, 2.24) is 20.0 Å². The molecule has 28 heavy (non-hydrogen) atoms. The molecule has 2 fully saturated rings. The van der Waals surface area contributed by atoms with E-state index in [9.17, 15) is 4.79 Å². The van der Waals surface area contributed by atoms with Crippen LogP contribution in [-0.4, -0.2) is 46.3 Å². The molecule has 2 heterocycles. The summed E-state index contributed by atoms with van der Waals surface area (Å²) in [5, 5.41) is 8.82. The normalized spacial score (nSPS) is 17.4. The lowest BCUT2D eigenvalue weighted by molar-refractivity contribution is 0.0704. The first kappa shape index (κ1) is 21.2. The van der Waals surface area contributed by atoms with Crippen molar-refractivity contribution >= 4 is 29.9 Å². The zero-order chi connectivity index (χ0) is 18.8. The van der Waals surface area contributed by atoms with E-state index in [1.54, 1.807) is 6.20 Å². The van der Waals surface area contributed by atoms with Crippen LogP contribution in [0.1, 0.15) is 48.7 Å². The van der Waals surface area contributed by atoms with Gasteiger partial charge >= 0.3 is 0 Å². The number of hydrogen-bond acceptors (Lipinski definition) is 3. The van der Waals surface area contributed by atoms with Crippen molar-refractivity contribution in [2.45, 2.75) is 45.1 Å². The Morgan fingerprint density at radius 3 is 2.64 bits per heavy atom. The predicted octanol–water partition coefficient (Wildman–Crippen LogP) is 4.11. The summed E-state index contributed by atoms with van der Waals surface area (Å²) in [6.45, 7) is 4.83. The summed E-state index contributed by atoms with van der Waals surface area (Å²) < 4.78 is 1.84. The molecular formula is C21H28Cl2N4O. The van der Waals surface area contributed by atoms with Gasteiger partial charge in [0, 0.05) is 24.2 Å². The van der Waals surface area contributed by atoms with Gasteiger partial charge in [0.1, 0.15) is 0 Å². The fourth-order valence-corrected chi connectivity index (χ4v) is 4.02. The van der Waals surface area contributed by atoms with Gasteiger partial charge in [0.25, 0.3) is 5.91 Å². The lowest BCUT2D eigenvalue weighted by Crippen LogP contribution is -2.45. The van der Waals surface area contributed by atoms with Crippen molar-refractivity contribution in [3.63, 3.8) is 0 Å². The molecule has 1 aromatic carbocycles. The van der Waals surface area contributed by atoms with Crippen molar-refractivity contribution in [2.75, 3.05) is 19.6 Å². The van der Waals surface area contributed by atoms with Gasteiger partial charge in [-0.05, 0) is 62.8 Å². The summed E-state index contributed by atoms with van der Waals surface area (Å²) in [6, 6.07) is 8.13. The smallest absolute Gasteiger partial charge is 0.257 e. The van der Waals surface area contributed by atoms with Gasteiger partial charge in [-0.3, -0.25) is 4.79 Å². The van der Waals surface area contributed by atoms with Crippen LogP contribution < -0.4 is 5.32 Å². The number of carbonyl (C=O) groups is 1. The van der Waals surface area contributed by atoms with Gasteiger partial charge in [0.05, 0.1) is 23.1 Å². The van der Waals surface area contributed by atoms with Crippen molar-refractivity contribution in [2.24, 2.45) is 5.92 Å². The molecule has 1 saturated heterocycles. The highest BCUT2D eigenvalue weighted by molar-refractivity contribution is 6.30. The summed E-state index contributed by atoms with van der Waals surface area (Å²) in [4.78, 5) is 15.1. The number of benzene rings is 1. The third-order valence-corrected chi connectivity index (χ3v) is 5.90. The molecule has 7 heteroatoms. The maximum absolute atomic E-state index is 13.1. The molecule has 0 radical (unpaired) electrons. The Labute approximate surface area is 177 Å². The minimum Gasteiger partial charge on any atom is -0.338 e. The molecule has 2 aliphatic rings. The number of piperidine rings is 1. The predicted molar refractivity (Wildman–Crippen MR) is 115 cm³/mol. The lowest BCUT2D eigenvalue weighted by atomic mass is 10.0. The van der Waals surface area contributed by atoms with Gasteiger partial charge in [0.15, 0.2) is 0 Å². The van der Waals surface area contributed by atoms with Gasteiger partial charge in [-0.25, -0.2) is 4.68 Å². The number of amides is 1. The zero-order valence-corrected chi connectivity index (χ0v) is 17.8. The van der Waals surface area contributed by atoms with Crippen LogP contribution in [0.25, 0.3) is 5.69 Å². The Hall–Kier alpha value is -1.56. The fraction of sp³-hybridized carbons (Fsp3) is 0.524. The number of likely N-dealkylation sites (tertiary alicyclic amines) is 1. The first-order valence-corrected chi connectivity index (χ1v) is 10.4. The maximum Gasteiger partial charge on any atom is 0.257 e. The van der Waals surface area contributed by atoms with Gasteiger partial charge in [0.2, 0.25) is 0 Å². The standard InChI is InChI=1S/C21H27ClN4O.ClH/c1-2-20-19(14-24-26(20)18-5-3-4-16(22)12-18)21(27)25-10-8-17(9-11-25)23-13-15-6-7-15;/h3-5,12,14-15,17,23H,2,6-11,13H2,1H3;1H. The van der Waals surface area contributed by atoms with Crippen LogP contribution in [-0.2, 0) is 6.42 Å². The van der Waals surface area contributed by atoms with E-state index < -0.39 is 0 Å². The monoisotopic (exact) mass is 422 g/mol. The molecule has 5 nitrogen and oxygen atoms in total. The Bertz CT molecular complexity index is 810. The number of aromatic nitrogens is 2. The summed E-state index contributed by atoms with van der Waals surface area (Å²) in [5.74, 6) is 0.995. The Kier molecular flexibility index (Phi) is 7.02. The minimum absolute atomic E-state index is 0. The van der Waals surface area contributed by atoms with Crippen molar-refractivity contribution in [3.05, 3.63) is 46.7 Å². The fourth-order valence-electron chi connectivity index (χ4n) is 3.84. The largest absolute Gasteiger partial charge is 0.338 e. The molecule has 1 aliphatic carbocycles. The molecule has 1 amide bonds. The minimum atomic E-state index is 0. The van der Waals surface area contributed by atoms with Crippen LogP contribution in [0.15, 0.2) is 30.5 Å². The van der Waals surface area contributed by atoms with Crippen LogP contribution in [0.2, 0.25) is 5.02 Å². The van der Waals surface area contributed by atoms with E-state index in [1.165, 1.54) is 12.8 Å². The second-order valence-electron chi connectivity index (χ2n) is 7.67. The Morgan fingerprint density at radius 1 is 1.25 bits per heavy atom. The van der Waals surface area contributed by atoms with Crippen molar-refractivity contribution < 1.29 is 4.79 Å². The summed E-state index contributed by atoms with van der Waals surface area (Å²) in [5.41, 5.74) is 2.54. The summed E-state index contributed by atoms with van der Waals surface area (Å²) >= 11 is 6.12. The van der Waals surface area contributed by atoms with E-state index in [4.69, 9.17) is 11.6 Å². The number of nitrogens with zero attached hydrogens (tertiary/aromatic N) is 3. The topological polar surface area (TPSA) is 50.2 Å². The Morgan fingerprint density at radius 2 is 2.00 bits per heavy atom. The van der Waals surface area contributed by atoms with Gasteiger partial charge in [-0.2, -0.15) is 5.10 Å².